The average molecular weight is 266 g/mol. The highest BCUT2D eigenvalue weighted by molar-refractivity contribution is 7.14. The molecule has 1 fully saturated rings. The number of hydrogen-bond acceptors (Lipinski definition) is 3. The average Bonchev–Trinajstić information content (AvgIpc) is 3.13. The van der Waals surface area contributed by atoms with Crippen molar-refractivity contribution < 1.29 is 4.79 Å². The van der Waals surface area contributed by atoms with E-state index in [1.807, 2.05) is 6.07 Å². The maximum absolute atomic E-state index is 12.0. The molecule has 0 aromatic carbocycles. The maximum Gasteiger partial charge on any atom is 0.261 e. The van der Waals surface area contributed by atoms with Crippen LogP contribution < -0.4 is 11.1 Å². The Balaban J connectivity index is 1.89. The molecule has 1 atom stereocenters. The zero-order chi connectivity index (χ0) is 13.1. The van der Waals surface area contributed by atoms with E-state index in [0.29, 0.717) is 12.5 Å². The minimum Gasteiger partial charge on any atom is -0.350 e. The van der Waals surface area contributed by atoms with Crippen LogP contribution in [0.3, 0.4) is 0 Å². The van der Waals surface area contributed by atoms with Crippen LogP contribution in [0.2, 0.25) is 0 Å². The fourth-order valence-electron chi connectivity index (χ4n) is 2.14. The molecule has 0 aliphatic heterocycles. The number of nitrogens with two attached hydrogens (primary N) is 1. The molecule has 4 heteroatoms. The fourth-order valence-corrected chi connectivity index (χ4v) is 3.13. The molecule has 1 heterocycles. The second-order valence-corrected chi connectivity index (χ2v) is 6.41. The molecular formula is C14H22N2OS. The van der Waals surface area contributed by atoms with Crippen molar-refractivity contribution in [3.8, 4) is 0 Å². The molecule has 0 radical (unpaired) electrons. The number of aryl methyl sites for hydroxylation is 2. The molecule has 1 aliphatic rings. The topological polar surface area (TPSA) is 55.1 Å². The van der Waals surface area contributed by atoms with Gasteiger partial charge in [0.1, 0.15) is 0 Å². The summed E-state index contributed by atoms with van der Waals surface area (Å²) in [6.45, 7) is 4.84. The van der Waals surface area contributed by atoms with Gasteiger partial charge in [0.25, 0.3) is 5.91 Å². The number of carbonyl (C=O) groups excluding carboxylic acids is 1. The van der Waals surface area contributed by atoms with Gasteiger partial charge < -0.3 is 11.1 Å². The van der Waals surface area contributed by atoms with Crippen molar-refractivity contribution in [3.63, 3.8) is 0 Å². The van der Waals surface area contributed by atoms with Crippen molar-refractivity contribution >= 4 is 17.2 Å². The first-order chi connectivity index (χ1) is 8.61. The summed E-state index contributed by atoms with van der Waals surface area (Å²) < 4.78 is 0. The third kappa shape index (κ3) is 3.33. The largest absolute Gasteiger partial charge is 0.350 e. The predicted octanol–water partition coefficient (Wildman–Crippen LogP) is 2.48. The van der Waals surface area contributed by atoms with Gasteiger partial charge >= 0.3 is 0 Å². The first-order valence-electron chi connectivity index (χ1n) is 6.75. The van der Waals surface area contributed by atoms with Crippen LogP contribution >= 0.6 is 11.3 Å². The standard InChI is InChI=1S/C14H22N2OS/c1-3-4-11-7-13(18-9(11)2)14(17)16-8-12(15)10-5-6-10/h7,10,12H,3-6,8,15H2,1-2H3,(H,16,17). The SMILES string of the molecule is CCCc1cc(C(=O)NCC(N)C2CC2)sc1C. The molecule has 1 saturated carbocycles. The molecule has 100 valence electrons. The van der Waals surface area contributed by atoms with Crippen LogP contribution in [0, 0.1) is 12.8 Å². The molecule has 1 unspecified atom stereocenters. The molecule has 0 saturated heterocycles. The minimum absolute atomic E-state index is 0.0292. The van der Waals surface area contributed by atoms with Crippen molar-refractivity contribution in [1.82, 2.24) is 5.32 Å². The number of hydrogen-bond donors (Lipinski definition) is 2. The normalized spacial score (nSPS) is 16.6. The highest BCUT2D eigenvalue weighted by Gasteiger charge is 2.28. The van der Waals surface area contributed by atoms with Gasteiger partial charge in [0.05, 0.1) is 4.88 Å². The van der Waals surface area contributed by atoms with Gasteiger partial charge in [-0.2, -0.15) is 0 Å². The van der Waals surface area contributed by atoms with Crippen LogP contribution in [0.5, 0.6) is 0 Å². The second-order valence-electron chi connectivity index (χ2n) is 5.15. The number of nitrogens with one attached hydrogen (secondary N) is 1. The van der Waals surface area contributed by atoms with E-state index in [4.69, 9.17) is 5.73 Å². The molecule has 1 aromatic heterocycles. The third-order valence-corrected chi connectivity index (χ3v) is 4.58. The fraction of sp³-hybridized carbons (Fsp3) is 0.643. The van der Waals surface area contributed by atoms with E-state index in [2.05, 4.69) is 19.2 Å². The summed E-state index contributed by atoms with van der Waals surface area (Å²) in [6, 6.07) is 2.16. The number of amides is 1. The van der Waals surface area contributed by atoms with Gasteiger partial charge in [-0.05, 0) is 43.7 Å². The van der Waals surface area contributed by atoms with E-state index in [9.17, 15) is 4.79 Å². The highest BCUT2D eigenvalue weighted by Crippen LogP contribution is 2.31. The second kappa shape index (κ2) is 5.85. The van der Waals surface area contributed by atoms with Crippen molar-refractivity contribution in [2.45, 2.75) is 45.6 Å². The van der Waals surface area contributed by atoms with Crippen molar-refractivity contribution in [2.75, 3.05) is 6.54 Å². The molecule has 0 bridgehead atoms. The van der Waals surface area contributed by atoms with Crippen LogP contribution in [0.1, 0.15) is 46.3 Å². The van der Waals surface area contributed by atoms with Crippen LogP contribution in [0.4, 0.5) is 0 Å². The molecule has 2 rings (SSSR count). The van der Waals surface area contributed by atoms with Crippen molar-refractivity contribution in [2.24, 2.45) is 11.7 Å². The van der Waals surface area contributed by atoms with Crippen molar-refractivity contribution in [3.05, 3.63) is 21.4 Å². The van der Waals surface area contributed by atoms with Crippen LogP contribution in [-0.4, -0.2) is 18.5 Å². The first kappa shape index (κ1) is 13.6. The Hall–Kier alpha value is -0.870. The predicted molar refractivity (Wildman–Crippen MR) is 76.1 cm³/mol. The van der Waals surface area contributed by atoms with Gasteiger partial charge in [-0.25, -0.2) is 0 Å². The molecular weight excluding hydrogens is 244 g/mol. The van der Waals surface area contributed by atoms with Crippen LogP contribution in [-0.2, 0) is 6.42 Å². The molecule has 0 spiro atoms. The third-order valence-electron chi connectivity index (χ3n) is 3.49. The van der Waals surface area contributed by atoms with Crippen molar-refractivity contribution in [1.29, 1.82) is 0 Å². The van der Waals surface area contributed by atoms with Gasteiger partial charge in [0, 0.05) is 17.5 Å². The molecule has 3 N–H and O–H groups in total. The molecule has 1 aliphatic carbocycles. The number of rotatable bonds is 6. The smallest absolute Gasteiger partial charge is 0.261 e. The van der Waals surface area contributed by atoms with E-state index < -0.39 is 0 Å². The Bertz CT molecular complexity index is 423. The van der Waals surface area contributed by atoms with E-state index in [1.165, 1.54) is 23.3 Å². The lowest BCUT2D eigenvalue weighted by atomic mass is 10.1. The monoisotopic (exact) mass is 266 g/mol. The lowest BCUT2D eigenvalue weighted by Gasteiger charge is -2.10. The van der Waals surface area contributed by atoms with E-state index in [0.717, 1.165) is 17.7 Å². The minimum atomic E-state index is 0.0292. The molecule has 18 heavy (non-hydrogen) atoms. The first-order valence-corrected chi connectivity index (χ1v) is 7.56. The zero-order valence-electron chi connectivity index (χ0n) is 11.2. The van der Waals surface area contributed by atoms with Gasteiger partial charge in [-0.3, -0.25) is 4.79 Å². The van der Waals surface area contributed by atoms with Gasteiger partial charge in [-0.15, -0.1) is 11.3 Å². The number of thiophene rings is 1. The summed E-state index contributed by atoms with van der Waals surface area (Å²) in [4.78, 5) is 14.1. The van der Waals surface area contributed by atoms with E-state index >= 15 is 0 Å². The molecule has 1 amide bonds. The Morgan fingerprint density at radius 1 is 1.61 bits per heavy atom. The Morgan fingerprint density at radius 2 is 2.33 bits per heavy atom. The van der Waals surface area contributed by atoms with E-state index in [1.54, 1.807) is 11.3 Å². The lowest BCUT2D eigenvalue weighted by Crippen LogP contribution is -2.38. The Morgan fingerprint density at radius 3 is 2.94 bits per heavy atom. The van der Waals surface area contributed by atoms with Gasteiger partial charge in [0.15, 0.2) is 0 Å². The highest BCUT2D eigenvalue weighted by atomic mass is 32.1. The number of carbonyl (C=O) groups is 1. The Kier molecular flexibility index (Phi) is 4.40. The summed E-state index contributed by atoms with van der Waals surface area (Å²) in [5.41, 5.74) is 7.28. The summed E-state index contributed by atoms with van der Waals surface area (Å²) >= 11 is 1.59. The zero-order valence-corrected chi connectivity index (χ0v) is 12.0. The molecule has 1 aromatic rings. The summed E-state index contributed by atoms with van der Waals surface area (Å²) in [5, 5.41) is 2.95. The maximum atomic E-state index is 12.0. The quantitative estimate of drug-likeness (QED) is 0.831. The van der Waals surface area contributed by atoms with Crippen LogP contribution in [0.15, 0.2) is 6.07 Å². The Labute approximate surface area is 113 Å². The van der Waals surface area contributed by atoms with Crippen LogP contribution in [0.25, 0.3) is 0 Å². The lowest BCUT2D eigenvalue weighted by molar-refractivity contribution is 0.0954. The molecule has 3 nitrogen and oxygen atoms in total. The van der Waals surface area contributed by atoms with E-state index in [-0.39, 0.29) is 11.9 Å². The summed E-state index contributed by atoms with van der Waals surface area (Å²) in [5.74, 6) is 0.660. The van der Waals surface area contributed by atoms with Gasteiger partial charge in [-0.1, -0.05) is 13.3 Å². The van der Waals surface area contributed by atoms with Gasteiger partial charge in [0.2, 0.25) is 0 Å². The summed E-state index contributed by atoms with van der Waals surface area (Å²) in [6.07, 6.45) is 4.61. The summed E-state index contributed by atoms with van der Waals surface area (Å²) in [7, 11) is 0.